The second-order valence-electron chi connectivity index (χ2n) is 3.55. The van der Waals surface area contributed by atoms with Crippen LogP contribution in [-0.4, -0.2) is 6.29 Å². The van der Waals surface area contributed by atoms with Crippen LogP contribution in [-0.2, 0) is 4.79 Å². The largest absolute Gasteiger partial charge is 0.303 e. The summed E-state index contributed by atoms with van der Waals surface area (Å²) in [6, 6.07) is 0. The summed E-state index contributed by atoms with van der Waals surface area (Å²) in [4.78, 5) is 10.2. The standard InChI is InChI=1S/C11H16O/c1-9-3-5-11(6-4-9)10(2)7-8-12/h3,8,11H,2,4-7H2,1H3/t11-/m1/s1. The molecule has 0 aromatic rings. The van der Waals surface area contributed by atoms with Crippen LogP contribution in [0.15, 0.2) is 23.8 Å². The van der Waals surface area contributed by atoms with Crippen molar-refractivity contribution in [3.8, 4) is 0 Å². The van der Waals surface area contributed by atoms with E-state index >= 15 is 0 Å². The Morgan fingerprint density at radius 1 is 1.83 bits per heavy atom. The number of hydrogen-bond donors (Lipinski definition) is 0. The minimum atomic E-state index is 0.539. The number of rotatable bonds is 3. The van der Waals surface area contributed by atoms with E-state index in [1.807, 2.05) is 0 Å². The summed E-state index contributed by atoms with van der Waals surface area (Å²) >= 11 is 0. The highest BCUT2D eigenvalue weighted by molar-refractivity contribution is 5.54. The van der Waals surface area contributed by atoms with Crippen LogP contribution in [0.1, 0.15) is 32.6 Å². The molecule has 0 radical (unpaired) electrons. The molecule has 1 heteroatoms. The van der Waals surface area contributed by atoms with Crippen molar-refractivity contribution in [2.24, 2.45) is 5.92 Å². The van der Waals surface area contributed by atoms with Gasteiger partial charge in [-0.05, 0) is 32.1 Å². The smallest absolute Gasteiger partial charge is 0.124 e. The first-order valence-electron chi connectivity index (χ1n) is 4.51. The summed E-state index contributed by atoms with van der Waals surface area (Å²) in [7, 11) is 0. The van der Waals surface area contributed by atoms with Crippen LogP contribution in [0.4, 0.5) is 0 Å². The van der Waals surface area contributed by atoms with Crippen molar-refractivity contribution >= 4 is 6.29 Å². The summed E-state index contributed by atoms with van der Waals surface area (Å²) in [5, 5.41) is 0. The first-order valence-corrected chi connectivity index (χ1v) is 4.51. The van der Waals surface area contributed by atoms with Crippen LogP contribution in [0.2, 0.25) is 0 Å². The van der Waals surface area contributed by atoms with E-state index in [0.717, 1.165) is 18.3 Å². The van der Waals surface area contributed by atoms with Crippen LogP contribution < -0.4 is 0 Å². The predicted molar refractivity (Wildman–Crippen MR) is 50.9 cm³/mol. The van der Waals surface area contributed by atoms with Crippen molar-refractivity contribution in [1.29, 1.82) is 0 Å². The molecule has 0 heterocycles. The molecule has 0 N–H and O–H groups in total. The van der Waals surface area contributed by atoms with Gasteiger partial charge in [0.15, 0.2) is 0 Å². The summed E-state index contributed by atoms with van der Waals surface area (Å²) < 4.78 is 0. The average molecular weight is 164 g/mol. The van der Waals surface area contributed by atoms with Crippen LogP contribution >= 0.6 is 0 Å². The molecule has 12 heavy (non-hydrogen) atoms. The van der Waals surface area contributed by atoms with Gasteiger partial charge in [0.2, 0.25) is 0 Å². The Morgan fingerprint density at radius 3 is 3.08 bits per heavy atom. The third kappa shape index (κ3) is 2.33. The van der Waals surface area contributed by atoms with Gasteiger partial charge in [0, 0.05) is 6.42 Å². The van der Waals surface area contributed by atoms with Gasteiger partial charge in [-0.2, -0.15) is 0 Å². The molecule has 0 bridgehead atoms. The van der Waals surface area contributed by atoms with Crippen molar-refractivity contribution in [1.82, 2.24) is 0 Å². The van der Waals surface area contributed by atoms with E-state index < -0.39 is 0 Å². The number of aldehydes is 1. The number of carbonyl (C=O) groups is 1. The van der Waals surface area contributed by atoms with Crippen molar-refractivity contribution in [3.05, 3.63) is 23.8 Å². The van der Waals surface area contributed by atoms with Gasteiger partial charge in [-0.25, -0.2) is 0 Å². The molecule has 0 aromatic carbocycles. The Bertz CT molecular complexity index is 213. The molecular weight excluding hydrogens is 148 g/mol. The molecule has 1 rings (SSSR count). The fourth-order valence-corrected chi connectivity index (χ4v) is 1.61. The summed E-state index contributed by atoms with van der Waals surface area (Å²) in [6.07, 6.45) is 7.19. The van der Waals surface area contributed by atoms with Crippen molar-refractivity contribution in [2.75, 3.05) is 0 Å². The Balaban J connectivity index is 2.45. The fourth-order valence-electron chi connectivity index (χ4n) is 1.61. The minimum Gasteiger partial charge on any atom is -0.303 e. The second kappa shape index (κ2) is 4.24. The summed E-state index contributed by atoms with van der Waals surface area (Å²) in [5.74, 6) is 0.555. The van der Waals surface area contributed by atoms with E-state index in [9.17, 15) is 4.79 Å². The van der Waals surface area contributed by atoms with Gasteiger partial charge in [-0.3, -0.25) is 0 Å². The van der Waals surface area contributed by atoms with Crippen molar-refractivity contribution < 1.29 is 4.79 Å². The number of allylic oxidation sites excluding steroid dienone is 3. The summed E-state index contributed by atoms with van der Waals surface area (Å²) in [6.45, 7) is 6.10. The van der Waals surface area contributed by atoms with Crippen molar-refractivity contribution in [3.63, 3.8) is 0 Å². The van der Waals surface area contributed by atoms with E-state index in [1.54, 1.807) is 0 Å². The van der Waals surface area contributed by atoms with Gasteiger partial charge in [0.25, 0.3) is 0 Å². The maximum Gasteiger partial charge on any atom is 0.124 e. The lowest BCUT2D eigenvalue weighted by atomic mass is 9.84. The molecule has 0 aromatic heterocycles. The normalized spacial score (nSPS) is 23.1. The van der Waals surface area contributed by atoms with E-state index in [0.29, 0.717) is 12.3 Å². The van der Waals surface area contributed by atoms with Crippen LogP contribution in [0.5, 0.6) is 0 Å². The molecule has 0 saturated heterocycles. The van der Waals surface area contributed by atoms with E-state index in [2.05, 4.69) is 19.6 Å². The molecule has 66 valence electrons. The molecule has 0 spiro atoms. The van der Waals surface area contributed by atoms with Crippen LogP contribution in [0.3, 0.4) is 0 Å². The van der Waals surface area contributed by atoms with Crippen LogP contribution in [0.25, 0.3) is 0 Å². The number of carbonyl (C=O) groups excluding carboxylic acids is 1. The van der Waals surface area contributed by atoms with Gasteiger partial charge in [-0.1, -0.05) is 23.8 Å². The highest BCUT2D eigenvalue weighted by Crippen LogP contribution is 2.28. The van der Waals surface area contributed by atoms with E-state index in [-0.39, 0.29) is 0 Å². The lowest BCUT2D eigenvalue weighted by molar-refractivity contribution is -0.107. The lowest BCUT2D eigenvalue weighted by Gasteiger charge is -2.21. The highest BCUT2D eigenvalue weighted by atomic mass is 16.1. The van der Waals surface area contributed by atoms with E-state index in [1.165, 1.54) is 18.4 Å². The van der Waals surface area contributed by atoms with Gasteiger partial charge in [-0.15, -0.1) is 0 Å². The molecule has 0 aliphatic heterocycles. The Morgan fingerprint density at radius 2 is 2.58 bits per heavy atom. The lowest BCUT2D eigenvalue weighted by Crippen LogP contribution is -2.07. The molecule has 1 atom stereocenters. The SMILES string of the molecule is C=C(CC=O)[C@@H]1CC=C(C)CC1. The monoisotopic (exact) mass is 164 g/mol. The molecule has 0 unspecified atom stereocenters. The van der Waals surface area contributed by atoms with Crippen LogP contribution in [0, 0.1) is 5.92 Å². The van der Waals surface area contributed by atoms with E-state index in [4.69, 9.17) is 0 Å². The topological polar surface area (TPSA) is 17.1 Å². The predicted octanol–water partition coefficient (Wildman–Crippen LogP) is 2.88. The van der Waals surface area contributed by atoms with Gasteiger partial charge >= 0.3 is 0 Å². The molecule has 0 amide bonds. The zero-order valence-corrected chi connectivity index (χ0v) is 7.68. The molecular formula is C11H16O. The van der Waals surface area contributed by atoms with Crippen molar-refractivity contribution in [2.45, 2.75) is 32.6 Å². The fraction of sp³-hybridized carbons (Fsp3) is 0.545. The first kappa shape index (κ1) is 9.24. The Labute approximate surface area is 74.2 Å². The van der Waals surface area contributed by atoms with Gasteiger partial charge in [0.05, 0.1) is 0 Å². The quantitative estimate of drug-likeness (QED) is 0.463. The number of hydrogen-bond acceptors (Lipinski definition) is 1. The molecule has 1 aliphatic carbocycles. The van der Waals surface area contributed by atoms with Gasteiger partial charge in [0.1, 0.15) is 6.29 Å². The van der Waals surface area contributed by atoms with Gasteiger partial charge < -0.3 is 4.79 Å². The zero-order chi connectivity index (χ0) is 8.97. The Hall–Kier alpha value is -0.850. The zero-order valence-electron chi connectivity index (χ0n) is 7.68. The average Bonchev–Trinajstić information content (AvgIpc) is 2.06. The molecule has 1 aliphatic rings. The maximum atomic E-state index is 10.2. The maximum absolute atomic E-state index is 10.2. The third-order valence-corrected chi connectivity index (χ3v) is 2.56. The Kier molecular flexibility index (Phi) is 3.27. The molecule has 1 nitrogen and oxygen atoms in total. The highest BCUT2D eigenvalue weighted by Gasteiger charge is 2.14. The minimum absolute atomic E-state index is 0.539. The summed E-state index contributed by atoms with van der Waals surface area (Å²) in [5.41, 5.74) is 2.58. The first-order chi connectivity index (χ1) is 5.74. The third-order valence-electron chi connectivity index (χ3n) is 2.56. The second-order valence-corrected chi connectivity index (χ2v) is 3.55. The molecule has 0 saturated carbocycles. The molecule has 0 fully saturated rings.